The van der Waals surface area contributed by atoms with Crippen LogP contribution in [-0.4, -0.2) is 34.7 Å². The zero-order chi connectivity index (χ0) is 15.2. The minimum Gasteiger partial charge on any atom is -0.396 e. The molecule has 0 aliphatic rings. The van der Waals surface area contributed by atoms with Crippen molar-refractivity contribution in [1.82, 2.24) is 4.98 Å². The maximum Gasteiger partial charge on any atom is 0.433 e. The second-order valence-corrected chi connectivity index (χ2v) is 4.92. The van der Waals surface area contributed by atoms with E-state index in [9.17, 15) is 13.2 Å². The van der Waals surface area contributed by atoms with Gasteiger partial charge in [-0.15, -0.1) is 0 Å². The number of anilines is 1. The number of rotatable bonds is 6. The van der Waals surface area contributed by atoms with Crippen LogP contribution in [0.5, 0.6) is 0 Å². The molecule has 1 unspecified atom stereocenters. The Labute approximate surface area is 119 Å². The van der Waals surface area contributed by atoms with E-state index in [4.69, 9.17) is 10.4 Å². The lowest BCUT2D eigenvalue weighted by atomic mass is 10.2. The van der Waals surface area contributed by atoms with Gasteiger partial charge in [0.25, 0.3) is 0 Å². The van der Waals surface area contributed by atoms with Crippen molar-refractivity contribution < 1.29 is 18.3 Å². The fraction of sp³-hybridized carbons (Fsp3) is 0.500. The smallest absolute Gasteiger partial charge is 0.396 e. The average molecular weight is 305 g/mol. The van der Waals surface area contributed by atoms with E-state index in [0.717, 1.165) is 12.1 Å². The maximum atomic E-state index is 12.6. The molecule has 0 aliphatic heterocycles. The van der Waals surface area contributed by atoms with Crippen LogP contribution in [0.3, 0.4) is 0 Å². The summed E-state index contributed by atoms with van der Waals surface area (Å²) in [5.41, 5.74) is -1.01. The SMILES string of the molecule is CSCC(CCO)Nc1nc(C(F)(F)F)ccc1C#N. The quantitative estimate of drug-likeness (QED) is 0.845. The number of pyridine rings is 1. The van der Waals surface area contributed by atoms with Gasteiger partial charge >= 0.3 is 6.18 Å². The number of nitrogens with zero attached hydrogens (tertiary/aromatic N) is 2. The minimum absolute atomic E-state index is 0.0436. The number of nitriles is 1. The molecule has 1 atom stereocenters. The van der Waals surface area contributed by atoms with E-state index in [2.05, 4.69) is 10.3 Å². The van der Waals surface area contributed by atoms with E-state index >= 15 is 0 Å². The predicted molar refractivity (Wildman–Crippen MR) is 71.4 cm³/mol. The summed E-state index contributed by atoms with van der Waals surface area (Å²) in [4.78, 5) is 3.47. The lowest BCUT2D eigenvalue weighted by molar-refractivity contribution is -0.141. The number of hydrogen-bond acceptors (Lipinski definition) is 5. The third kappa shape index (κ3) is 4.58. The van der Waals surface area contributed by atoms with Gasteiger partial charge in [-0.1, -0.05) is 0 Å². The molecule has 1 rings (SSSR count). The average Bonchev–Trinajstić information content (AvgIpc) is 2.38. The molecule has 0 bridgehead atoms. The first kappa shape index (κ1) is 16.6. The first-order valence-electron chi connectivity index (χ1n) is 5.77. The van der Waals surface area contributed by atoms with Crippen molar-refractivity contribution in [3.05, 3.63) is 23.4 Å². The molecule has 0 saturated carbocycles. The van der Waals surface area contributed by atoms with Crippen LogP contribution in [0.4, 0.5) is 19.0 Å². The van der Waals surface area contributed by atoms with Crippen molar-refractivity contribution in [2.75, 3.05) is 23.9 Å². The standard InChI is InChI=1S/C12H14F3N3OS/c1-20-7-9(4-5-19)17-11-8(6-16)2-3-10(18-11)12(13,14)15/h2-3,9,19H,4-5,7H2,1H3,(H,17,18). The molecule has 0 radical (unpaired) electrons. The number of halogens is 3. The molecule has 4 nitrogen and oxygen atoms in total. The highest BCUT2D eigenvalue weighted by Gasteiger charge is 2.33. The predicted octanol–water partition coefficient (Wildman–Crippen LogP) is 2.50. The van der Waals surface area contributed by atoms with Crippen LogP contribution in [0.1, 0.15) is 17.7 Å². The van der Waals surface area contributed by atoms with E-state index in [1.165, 1.54) is 11.8 Å². The normalized spacial score (nSPS) is 12.8. The minimum atomic E-state index is -4.56. The van der Waals surface area contributed by atoms with Crippen LogP contribution in [-0.2, 0) is 6.18 Å². The third-order valence-corrected chi connectivity index (χ3v) is 3.23. The molecular formula is C12H14F3N3OS. The summed E-state index contributed by atoms with van der Waals surface area (Å²) in [6.45, 7) is -0.0981. The van der Waals surface area contributed by atoms with Gasteiger partial charge in [-0.3, -0.25) is 0 Å². The second kappa shape index (κ2) is 7.36. The van der Waals surface area contributed by atoms with Gasteiger partial charge in [0.2, 0.25) is 0 Å². The molecule has 0 amide bonds. The molecule has 0 aliphatic carbocycles. The Kier molecular flexibility index (Phi) is 6.10. The van der Waals surface area contributed by atoms with Crippen molar-refractivity contribution in [1.29, 1.82) is 5.26 Å². The summed E-state index contributed by atoms with van der Waals surface area (Å²) in [5.74, 6) is 0.485. The van der Waals surface area contributed by atoms with Gasteiger partial charge < -0.3 is 10.4 Å². The Hall–Kier alpha value is -1.46. The third-order valence-electron chi connectivity index (χ3n) is 2.49. The molecule has 2 N–H and O–H groups in total. The molecule has 0 aromatic carbocycles. The van der Waals surface area contributed by atoms with Gasteiger partial charge in [0.15, 0.2) is 0 Å². The van der Waals surface area contributed by atoms with Crippen molar-refractivity contribution in [3.8, 4) is 6.07 Å². The number of alkyl halides is 3. The molecule has 0 fully saturated rings. The van der Waals surface area contributed by atoms with Gasteiger partial charge in [-0.2, -0.15) is 30.2 Å². The largest absolute Gasteiger partial charge is 0.433 e. The van der Waals surface area contributed by atoms with E-state index in [1.807, 2.05) is 6.26 Å². The van der Waals surface area contributed by atoms with Crippen LogP contribution < -0.4 is 5.32 Å². The highest BCUT2D eigenvalue weighted by atomic mass is 32.2. The van der Waals surface area contributed by atoms with Crippen molar-refractivity contribution in [2.24, 2.45) is 0 Å². The Morgan fingerprint density at radius 2 is 2.20 bits per heavy atom. The van der Waals surface area contributed by atoms with E-state index in [-0.39, 0.29) is 24.0 Å². The van der Waals surface area contributed by atoms with Crippen molar-refractivity contribution in [2.45, 2.75) is 18.6 Å². The van der Waals surface area contributed by atoms with Crippen molar-refractivity contribution in [3.63, 3.8) is 0 Å². The molecule has 0 saturated heterocycles. The van der Waals surface area contributed by atoms with Crippen LogP contribution in [0.25, 0.3) is 0 Å². The van der Waals surface area contributed by atoms with Gasteiger partial charge in [-0.05, 0) is 24.8 Å². The van der Waals surface area contributed by atoms with Gasteiger partial charge in [-0.25, -0.2) is 4.98 Å². The van der Waals surface area contributed by atoms with Crippen LogP contribution in [0.15, 0.2) is 12.1 Å². The summed E-state index contributed by atoms with van der Waals surface area (Å²) < 4.78 is 37.9. The monoisotopic (exact) mass is 305 g/mol. The van der Waals surface area contributed by atoms with E-state index in [0.29, 0.717) is 12.2 Å². The Balaban J connectivity index is 3.04. The molecule has 1 aromatic heterocycles. The molecular weight excluding hydrogens is 291 g/mol. The summed E-state index contributed by atoms with van der Waals surface area (Å²) in [6.07, 6.45) is -2.35. The topological polar surface area (TPSA) is 68.9 Å². The molecule has 110 valence electrons. The molecule has 1 heterocycles. The van der Waals surface area contributed by atoms with Crippen LogP contribution in [0.2, 0.25) is 0 Å². The molecule has 8 heteroatoms. The van der Waals surface area contributed by atoms with Gasteiger partial charge in [0.1, 0.15) is 17.6 Å². The van der Waals surface area contributed by atoms with Gasteiger partial charge in [0, 0.05) is 18.4 Å². The number of nitrogens with one attached hydrogen (secondary N) is 1. The number of thioether (sulfide) groups is 1. The lowest BCUT2D eigenvalue weighted by Crippen LogP contribution is -2.25. The first-order valence-corrected chi connectivity index (χ1v) is 7.16. The van der Waals surface area contributed by atoms with Crippen molar-refractivity contribution >= 4 is 17.6 Å². The fourth-order valence-electron chi connectivity index (χ4n) is 1.56. The highest BCUT2D eigenvalue weighted by Crippen LogP contribution is 2.29. The van der Waals surface area contributed by atoms with Crippen LogP contribution in [0, 0.1) is 11.3 Å². The zero-order valence-electron chi connectivity index (χ0n) is 10.7. The summed E-state index contributed by atoms with van der Waals surface area (Å²) in [6, 6.07) is 3.42. The lowest BCUT2D eigenvalue weighted by Gasteiger charge is -2.19. The Bertz CT molecular complexity index is 482. The fourth-order valence-corrected chi connectivity index (χ4v) is 2.22. The maximum absolute atomic E-state index is 12.6. The number of hydrogen-bond donors (Lipinski definition) is 2. The molecule has 20 heavy (non-hydrogen) atoms. The Morgan fingerprint density at radius 1 is 1.50 bits per heavy atom. The van der Waals surface area contributed by atoms with E-state index < -0.39 is 11.9 Å². The number of aliphatic hydroxyl groups is 1. The molecule has 0 spiro atoms. The summed E-state index contributed by atoms with van der Waals surface area (Å²) >= 11 is 1.49. The van der Waals surface area contributed by atoms with Crippen LogP contribution >= 0.6 is 11.8 Å². The van der Waals surface area contributed by atoms with Gasteiger partial charge in [0.05, 0.1) is 5.56 Å². The number of aliphatic hydroxyl groups excluding tert-OH is 1. The molecule has 1 aromatic rings. The number of aromatic nitrogens is 1. The Morgan fingerprint density at radius 3 is 2.70 bits per heavy atom. The highest BCUT2D eigenvalue weighted by molar-refractivity contribution is 7.98. The zero-order valence-corrected chi connectivity index (χ0v) is 11.6. The second-order valence-electron chi connectivity index (χ2n) is 4.01. The van der Waals surface area contributed by atoms with E-state index in [1.54, 1.807) is 6.07 Å². The first-order chi connectivity index (χ1) is 9.42. The summed E-state index contributed by atoms with van der Waals surface area (Å²) in [5, 5.41) is 20.7. The summed E-state index contributed by atoms with van der Waals surface area (Å²) in [7, 11) is 0.